The molecule has 0 N–H and O–H groups in total. The molecule has 2 rings (SSSR count). The van der Waals surface area contributed by atoms with E-state index < -0.39 is 22.4 Å². The van der Waals surface area contributed by atoms with Crippen LogP contribution in [0.1, 0.15) is 16.8 Å². The summed E-state index contributed by atoms with van der Waals surface area (Å²) in [5.41, 5.74) is 0.280. The van der Waals surface area contributed by atoms with Crippen LogP contribution in [0.3, 0.4) is 0 Å². The van der Waals surface area contributed by atoms with Crippen LogP contribution in [-0.4, -0.2) is 68.6 Å². The second-order valence-electron chi connectivity index (χ2n) is 5.64. The average molecular weight is 365 g/mol. The highest BCUT2D eigenvalue weighted by Gasteiger charge is 2.28. The van der Waals surface area contributed by atoms with Crippen molar-refractivity contribution in [1.29, 1.82) is 0 Å². The van der Waals surface area contributed by atoms with Crippen LogP contribution in [0, 0.1) is 0 Å². The number of alkyl halides is 3. The number of aromatic nitrogens is 1. The van der Waals surface area contributed by atoms with Gasteiger partial charge in [-0.3, -0.25) is 4.79 Å². The van der Waals surface area contributed by atoms with Gasteiger partial charge in [-0.15, -0.1) is 0 Å². The Hall–Kier alpha value is -1.84. The summed E-state index contributed by atoms with van der Waals surface area (Å²) in [6.45, 7) is 0.0383. The van der Waals surface area contributed by atoms with Crippen molar-refractivity contribution in [3.8, 4) is 0 Å². The van der Waals surface area contributed by atoms with Crippen molar-refractivity contribution in [2.24, 2.45) is 0 Å². The van der Waals surface area contributed by atoms with Crippen molar-refractivity contribution in [3.63, 3.8) is 0 Å². The maximum absolute atomic E-state index is 12.3. The third kappa shape index (κ3) is 5.08. The number of rotatable bonds is 4. The fourth-order valence-corrected chi connectivity index (χ4v) is 3.45. The molecule has 1 aromatic rings. The van der Waals surface area contributed by atoms with Crippen molar-refractivity contribution in [2.75, 3.05) is 43.1 Å². The Kier molecular flexibility index (Phi) is 5.36. The van der Waals surface area contributed by atoms with Crippen LogP contribution in [-0.2, 0) is 9.84 Å². The monoisotopic (exact) mass is 365 g/mol. The first-order valence-corrected chi connectivity index (χ1v) is 9.13. The molecule has 1 amide bonds. The van der Waals surface area contributed by atoms with Crippen LogP contribution in [0.2, 0.25) is 0 Å². The number of pyridine rings is 1. The molecule has 0 aromatic carbocycles. The lowest BCUT2D eigenvalue weighted by Gasteiger charge is -2.26. The van der Waals surface area contributed by atoms with Gasteiger partial charge in [-0.25, -0.2) is 13.4 Å². The summed E-state index contributed by atoms with van der Waals surface area (Å²) in [6, 6.07) is 2.96. The molecule has 0 aliphatic carbocycles. The van der Waals surface area contributed by atoms with Crippen LogP contribution in [0.5, 0.6) is 0 Å². The second kappa shape index (κ2) is 6.96. The Balaban J connectivity index is 1.97. The standard InChI is InChI=1S/C14H18F3N3O3S/c1-19(5-4-14(15,16)17)12-3-2-11(10-18-12)13(21)20-6-8-24(22,23)9-7-20/h2-3,10H,4-9H2,1H3. The van der Waals surface area contributed by atoms with Gasteiger partial charge < -0.3 is 9.80 Å². The molecule has 0 saturated carbocycles. The molecule has 10 heteroatoms. The summed E-state index contributed by atoms with van der Waals surface area (Å²) < 4.78 is 59.4. The Morgan fingerprint density at radius 1 is 1.29 bits per heavy atom. The Morgan fingerprint density at radius 2 is 1.92 bits per heavy atom. The van der Waals surface area contributed by atoms with E-state index in [1.54, 1.807) is 0 Å². The first-order chi connectivity index (χ1) is 11.1. The summed E-state index contributed by atoms with van der Waals surface area (Å²) >= 11 is 0. The van der Waals surface area contributed by atoms with E-state index in [4.69, 9.17) is 0 Å². The Morgan fingerprint density at radius 3 is 2.42 bits per heavy atom. The zero-order valence-corrected chi connectivity index (χ0v) is 13.9. The predicted molar refractivity (Wildman–Crippen MR) is 82.7 cm³/mol. The molecular weight excluding hydrogens is 347 g/mol. The van der Waals surface area contributed by atoms with Gasteiger partial charge in [0.25, 0.3) is 5.91 Å². The van der Waals surface area contributed by atoms with Crippen molar-refractivity contribution < 1.29 is 26.4 Å². The van der Waals surface area contributed by atoms with Gasteiger partial charge in [-0.1, -0.05) is 0 Å². The van der Waals surface area contributed by atoms with Crippen LogP contribution in [0.4, 0.5) is 19.0 Å². The summed E-state index contributed by atoms with van der Waals surface area (Å²) in [6.07, 6.45) is -3.89. The number of halogens is 3. The first kappa shape index (κ1) is 18.5. The summed E-state index contributed by atoms with van der Waals surface area (Å²) in [5, 5.41) is 0. The normalized spacial score (nSPS) is 17.6. The molecule has 1 aliphatic heterocycles. The molecular formula is C14H18F3N3O3S. The zero-order chi connectivity index (χ0) is 18.0. The number of sulfone groups is 1. The van der Waals surface area contributed by atoms with Gasteiger partial charge in [0, 0.05) is 32.9 Å². The SMILES string of the molecule is CN(CCC(F)(F)F)c1ccc(C(=O)N2CCS(=O)(=O)CC2)cn1. The minimum Gasteiger partial charge on any atom is -0.359 e. The van der Waals surface area contributed by atoms with Crippen LogP contribution in [0.25, 0.3) is 0 Å². The Labute approximate surface area is 138 Å². The third-order valence-electron chi connectivity index (χ3n) is 3.75. The topological polar surface area (TPSA) is 70.6 Å². The van der Waals surface area contributed by atoms with Crippen molar-refractivity contribution in [2.45, 2.75) is 12.6 Å². The maximum atomic E-state index is 12.3. The summed E-state index contributed by atoms with van der Waals surface area (Å²) in [7, 11) is -1.58. The fourth-order valence-electron chi connectivity index (χ4n) is 2.25. The van der Waals surface area contributed by atoms with Gasteiger partial charge in [0.15, 0.2) is 9.84 Å². The molecule has 0 atom stereocenters. The van der Waals surface area contributed by atoms with Crippen LogP contribution >= 0.6 is 0 Å². The van der Waals surface area contributed by atoms with Crippen LogP contribution in [0.15, 0.2) is 18.3 Å². The molecule has 24 heavy (non-hydrogen) atoms. The number of carbonyl (C=O) groups is 1. The molecule has 134 valence electrons. The predicted octanol–water partition coefficient (Wildman–Crippen LogP) is 1.34. The highest BCUT2D eigenvalue weighted by Crippen LogP contribution is 2.21. The molecule has 0 radical (unpaired) electrons. The molecule has 0 spiro atoms. The maximum Gasteiger partial charge on any atom is 0.390 e. The highest BCUT2D eigenvalue weighted by atomic mass is 32.2. The van der Waals surface area contributed by atoms with Gasteiger partial charge in [-0.05, 0) is 12.1 Å². The lowest BCUT2D eigenvalue weighted by atomic mass is 10.2. The third-order valence-corrected chi connectivity index (χ3v) is 5.36. The van der Waals surface area contributed by atoms with E-state index in [1.165, 1.54) is 35.2 Å². The van der Waals surface area contributed by atoms with Gasteiger partial charge in [0.2, 0.25) is 0 Å². The van der Waals surface area contributed by atoms with Crippen molar-refractivity contribution in [3.05, 3.63) is 23.9 Å². The van der Waals surface area contributed by atoms with E-state index in [9.17, 15) is 26.4 Å². The van der Waals surface area contributed by atoms with Crippen molar-refractivity contribution >= 4 is 21.6 Å². The van der Waals surface area contributed by atoms with E-state index in [-0.39, 0.29) is 42.6 Å². The van der Waals surface area contributed by atoms with Gasteiger partial charge in [-0.2, -0.15) is 13.2 Å². The van der Waals surface area contributed by atoms with Gasteiger partial charge in [0.05, 0.1) is 23.5 Å². The van der Waals surface area contributed by atoms with E-state index in [0.717, 1.165) is 0 Å². The molecule has 6 nitrogen and oxygen atoms in total. The van der Waals surface area contributed by atoms with Crippen LogP contribution < -0.4 is 4.90 Å². The van der Waals surface area contributed by atoms with E-state index >= 15 is 0 Å². The molecule has 1 aliphatic rings. The van der Waals surface area contributed by atoms with E-state index in [1.807, 2.05) is 0 Å². The smallest absolute Gasteiger partial charge is 0.359 e. The largest absolute Gasteiger partial charge is 0.390 e. The quantitative estimate of drug-likeness (QED) is 0.805. The fraction of sp³-hybridized carbons (Fsp3) is 0.571. The average Bonchev–Trinajstić information content (AvgIpc) is 2.51. The minimum absolute atomic E-state index is 0.0650. The second-order valence-corrected chi connectivity index (χ2v) is 7.94. The number of hydrogen-bond acceptors (Lipinski definition) is 5. The summed E-state index contributed by atoms with van der Waals surface area (Å²) in [5.74, 6) is -0.131. The van der Waals surface area contributed by atoms with E-state index in [2.05, 4.69) is 4.98 Å². The molecule has 1 fully saturated rings. The first-order valence-electron chi connectivity index (χ1n) is 7.31. The van der Waals surface area contributed by atoms with Gasteiger partial charge >= 0.3 is 6.18 Å². The van der Waals surface area contributed by atoms with E-state index in [0.29, 0.717) is 5.82 Å². The molecule has 1 aromatic heterocycles. The minimum atomic E-state index is -4.24. The number of hydrogen-bond donors (Lipinski definition) is 0. The lowest BCUT2D eigenvalue weighted by molar-refractivity contribution is -0.132. The number of carbonyl (C=O) groups excluding carboxylic acids is 1. The zero-order valence-electron chi connectivity index (χ0n) is 13.1. The number of amides is 1. The number of anilines is 1. The molecule has 0 bridgehead atoms. The summed E-state index contributed by atoms with van der Waals surface area (Å²) in [4.78, 5) is 19.1. The highest BCUT2D eigenvalue weighted by molar-refractivity contribution is 7.91. The molecule has 2 heterocycles. The molecule has 1 saturated heterocycles. The van der Waals surface area contributed by atoms with Gasteiger partial charge in [0.1, 0.15) is 5.82 Å². The van der Waals surface area contributed by atoms with Crippen molar-refractivity contribution in [1.82, 2.24) is 9.88 Å². The lowest BCUT2D eigenvalue weighted by Crippen LogP contribution is -2.43. The Bertz CT molecular complexity index is 675. The molecule has 0 unspecified atom stereocenters. The number of nitrogens with zero attached hydrogens (tertiary/aromatic N) is 3.